The van der Waals surface area contributed by atoms with Gasteiger partial charge >= 0.3 is 0 Å². The van der Waals surface area contributed by atoms with E-state index in [4.69, 9.17) is 11.6 Å². The Morgan fingerprint density at radius 1 is 1.44 bits per heavy atom. The Labute approximate surface area is 99.7 Å². The van der Waals surface area contributed by atoms with Gasteiger partial charge in [0.2, 0.25) is 10.0 Å². The normalized spacial score (nSPS) is 13.7. The molecule has 0 aromatic heterocycles. The Kier molecular flexibility index (Phi) is 4.70. The lowest BCUT2D eigenvalue weighted by Gasteiger charge is -2.10. The second kappa shape index (κ2) is 5.61. The summed E-state index contributed by atoms with van der Waals surface area (Å²) in [6.45, 7) is 2.00. The van der Waals surface area contributed by atoms with Gasteiger partial charge in [0, 0.05) is 12.4 Å². The first kappa shape index (κ1) is 13.4. The number of halogens is 2. The highest BCUT2D eigenvalue weighted by atomic mass is 35.5. The molecule has 1 unspecified atom stereocenters. The van der Waals surface area contributed by atoms with Crippen molar-refractivity contribution in [2.45, 2.75) is 11.8 Å². The topological polar surface area (TPSA) is 46.2 Å². The molecule has 0 aliphatic heterocycles. The van der Waals surface area contributed by atoms with Crippen molar-refractivity contribution in [3.8, 4) is 0 Å². The van der Waals surface area contributed by atoms with Crippen molar-refractivity contribution in [1.82, 2.24) is 4.72 Å². The number of alkyl halides is 1. The molecule has 1 rings (SSSR count). The summed E-state index contributed by atoms with van der Waals surface area (Å²) >= 11 is 5.55. The van der Waals surface area contributed by atoms with Crippen LogP contribution in [0.5, 0.6) is 0 Å². The zero-order chi connectivity index (χ0) is 12.2. The van der Waals surface area contributed by atoms with Gasteiger partial charge in [0.25, 0.3) is 0 Å². The molecule has 0 aliphatic carbocycles. The number of rotatable bonds is 5. The van der Waals surface area contributed by atoms with Gasteiger partial charge in [-0.2, -0.15) is 0 Å². The van der Waals surface area contributed by atoms with Gasteiger partial charge in [-0.1, -0.05) is 19.1 Å². The van der Waals surface area contributed by atoms with E-state index < -0.39 is 15.8 Å². The van der Waals surface area contributed by atoms with Crippen LogP contribution in [0, 0.1) is 11.7 Å². The summed E-state index contributed by atoms with van der Waals surface area (Å²) in [7, 11) is -3.78. The van der Waals surface area contributed by atoms with Gasteiger partial charge in [0.1, 0.15) is 10.7 Å². The van der Waals surface area contributed by atoms with Crippen LogP contribution in [0.1, 0.15) is 6.92 Å². The van der Waals surface area contributed by atoms with E-state index in [1.54, 1.807) is 6.92 Å². The maximum atomic E-state index is 13.2. The second-order valence-corrected chi connectivity index (χ2v) is 5.59. The molecule has 0 heterocycles. The lowest BCUT2D eigenvalue weighted by molar-refractivity contribution is 0.544. The molecule has 1 aromatic rings. The molecule has 0 fully saturated rings. The van der Waals surface area contributed by atoms with E-state index in [-0.39, 0.29) is 17.4 Å². The Morgan fingerprint density at radius 2 is 2.06 bits per heavy atom. The lowest BCUT2D eigenvalue weighted by Crippen LogP contribution is -2.29. The summed E-state index contributed by atoms with van der Waals surface area (Å²) in [5.41, 5.74) is 0. The average Bonchev–Trinajstić information content (AvgIpc) is 2.26. The fourth-order valence-electron chi connectivity index (χ4n) is 1.05. The number of hydrogen-bond acceptors (Lipinski definition) is 2. The highest BCUT2D eigenvalue weighted by molar-refractivity contribution is 7.89. The Balaban J connectivity index is 2.83. The minimum Gasteiger partial charge on any atom is -0.211 e. The minimum atomic E-state index is -3.78. The summed E-state index contributed by atoms with van der Waals surface area (Å²) in [4.78, 5) is -0.336. The van der Waals surface area contributed by atoms with Crippen LogP contribution in [0.3, 0.4) is 0 Å². The molecule has 6 heteroatoms. The van der Waals surface area contributed by atoms with Crippen molar-refractivity contribution >= 4 is 21.6 Å². The number of benzene rings is 1. The van der Waals surface area contributed by atoms with Crippen LogP contribution in [-0.4, -0.2) is 20.8 Å². The number of nitrogens with one attached hydrogen (secondary N) is 1. The highest BCUT2D eigenvalue weighted by Crippen LogP contribution is 2.13. The van der Waals surface area contributed by atoms with Crippen LogP contribution >= 0.6 is 11.6 Å². The molecule has 90 valence electrons. The van der Waals surface area contributed by atoms with E-state index >= 15 is 0 Å². The van der Waals surface area contributed by atoms with Crippen LogP contribution < -0.4 is 4.72 Å². The fraction of sp³-hybridized carbons (Fsp3) is 0.400. The molecule has 1 aromatic carbocycles. The van der Waals surface area contributed by atoms with Gasteiger partial charge in [-0.3, -0.25) is 0 Å². The number of sulfonamides is 1. The average molecular weight is 266 g/mol. The molecule has 16 heavy (non-hydrogen) atoms. The summed E-state index contributed by atoms with van der Waals surface area (Å²) in [6, 6.07) is 5.25. The van der Waals surface area contributed by atoms with Gasteiger partial charge in [0.05, 0.1) is 0 Å². The predicted molar refractivity (Wildman–Crippen MR) is 61.5 cm³/mol. The standard InChI is InChI=1S/C10H13ClFNO2S/c1-8(6-11)7-13-16(14,15)10-5-3-2-4-9(10)12/h2-5,8,13H,6-7H2,1H3. The minimum absolute atomic E-state index is 0.00298. The van der Waals surface area contributed by atoms with Gasteiger partial charge in [-0.25, -0.2) is 17.5 Å². The van der Waals surface area contributed by atoms with Gasteiger partial charge in [0.15, 0.2) is 0 Å². The summed E-state index contributed by atoms with van der Waals surface area (Å²) in [6.07, 6.45) is 0. The molecule has 0 radical (unpaired) electrons. The largest absolute Gasteiger partial charge is 0.243 e. The maximum Gasteiger partial charge on any atom is 0.243 e. The smallest absolute Gasteiger partial charge is 0.211 e. The zero-order valence-electron chi connectivity index (χ0n) is 8.78. The molecule has 0 saturated heterocycles. The summed E-state index contributed by atoms with van der Waals surface area (Å²) < 4.78 is 38.9. The third-order valence-electron chi connectivity index (χ3n) is 2.01. The van der Waals surface area contributed by atoms with Crippen molar-refractivity contribution in [2.75, 3.05) is 12.4 Å². The molecule has 0 spiro atoms. The van der Waals surface area contributed by atoms with E-state index in [9.17, 15) is 12.8 Å². The Morgan fingerprint density at radius 3 is 2.62 bits per heavy atom. The first-order chi connectivity index (χ1) is 7.47. The maximum absolute atomic E-state index is 13.2. The molecule has 1 N–H and O–H groups in total. The van der Waals surface area contributed by atoms with Crippen molar-refractivity contribution in [2.24, 2.45) is 5.92 Å². The quantitative estimate of drug-likeness (QED) is 0.828. The summed E-state index contributed by atoms with van der Waals surface area (Å²) in [5.74, 6) is -0.406. The van der Waals surface area contributed by atoms with Crippen LogP contribution in [0.4, 0.5) is 4.39 Å². The van der Waals surface area contributed by atoms with Crippen LogP contribution in [-0.2, 0) is 10.0 Å². The Hall–Kier alpha value is -0.650. The van der Waals surface area contributed by atoms with Crippen LogP contribution in [0.25, 0.3) is 0 Å². The molecule has 0 aliphatic rings. The number of hydrogen-bond donors (Lipinski definition) is 1. The third kappa shape index (κ3) is 3.43. The molecular weight excluding hydrogens is 253 g/mol. The van der Waals surface area contributed by atoms with E-state index in [1.165, 1.54) is 18.2 Å². The zero-order valence-corrected chi connectivity index (χ0v) is 10.4. The SMILES string of the molecule is CC(CCl)CNS(=O)(=O)c1ccccc1F. The fourth-order valence-corrected chi connectivity index (χ4v) is 2.40. The highest BCUT2D eigenvalue weighted by Gasteiger charge is 2.18. The van der Waals surface area contributed by atoms with E-state index in [0.717, 1.165) is 6.07 Å². The van der Waals surface area contributed by atoms with E-state index in [1.807, 2.05) is 0 Å². The molecule has 0 bridgehead atoms. The van der Waals surface area contributed by atoms with Crippen LogP contribution in [0.2, 0.25) is 0 Å². The lowest BCUT2D eigenvalue weighted by atomic mass is 10.2. The van der Waals surface area contributed by atoms with Crippen molar-refractivity contribution in [3.05, 3.63) is 30.1 Å². The van der Waals surface area contributed by atoms with Gasteiger partial charge in [-0.15, -0.1) is 11.6 Å². The molecule has 1 atom stereocenters. The molecule has 0 saturated carbocycles. The summed E-state index contributed by atoms with van der Waals surface area (Å²) in [5, 5.41) is 0. The van der Waals surface area contributed by atoms with E-state index in [0.29, 0.717) is 5.88 Å². The molecule has 0 amide bonds. The van der Waals surface area contributed by atoms with Crippen molar-refractivity contribution in [1.29, 1.82) is 0 Å². The predicted octanol–water partition coefficient (Wildman–Crippen LogP) is 1.98. The Bertz CT molecular complexity index is 450. The van der Waals surface area contributed by atoms with E-state index in [2.05, 4.69) is 4.72 Å². The monoisotopic (exact) mass is 265 g/mol. The first-order valence-corrected chi connectivity index (χ1v) is 6.79. The van der Waals surface area contributed by atoms with Gasteiger partial charge < -0.3 is 0 Å². The third-order valence-corrected chi connectivity index (χ3v) is 4.00. The first-order valence-electron chi connectivity index (χ1n) is 4.77. The van der Waals surface area contributed by atoms with Gasteiger partial charge in [-0.05, 0) is 18.1 Å². The van der Waals surface area contributed by atoms with Crippen molar-refractivity contribution < 1.29 is 12.8 Å². The molecule has 3 nitrogen and oxygen atoms in total. The second-order valence-electron chi connectivity index (χ2n) is 3.54. The van der Waals surface area contributed by atoms with Crippen LogP contribution in [0.15, 0.2) is 29.2 Å². The molecular formula is C10H13ClFNO2S. The van der Waals surface area contributed by atoms with Crippen molar-refractivity contribution in [3.63, 3.8) is 0 Å².